The fraction of sp³-hybridized carbons (Fsp3) is 0.0714. The van der Waals surface area contributed by atoms with E-state index in [-0.39, 0.29) is 12.4 Å². The molecule has 5 heteroatoms. The molecule has 2 aromatic rings. The zero-order chi connectivity index (χ0) is 13.8. The number of hydrogen-bond acceptors (Lipinski definition) is 2. The molecule has 0 aliphatic rings. The average molecular weight is 404 g/mol. The van der Waals surface area contributed by atoms with E-state index in [2.05, 4.69) is 31.9 Å². The number of hydrogen-bond donors (Lipinski definition) is 0. The molecule has 2 nitrogen and oxygen atoms in total. The summed E-state index contributed by atoms with van der Waals surface area (Å²) in [5, 5.41) is 0.610. The zero-order valence-corrected chi connectivity index (χ0v) is 13.6. The molecule has 0 unspecified atom stereocenters. The molecule has 0 aliphatic carbocycles. The second kappa shape index (κ2) is 6.55. The van der Waals surface area contributed by atoms with Gasteiger partial charge >= 0.3 is 0 Å². The number of Topliss-reactive ketones (excluding diaryl/α,β-unsaturated/α-hetero) is 1. The second-order valence-corrected chi connectivity index (χ2v) is 6.00. The molecule has 0 saturated heterocycles. The first-order valence-corrected chi connectivity index (χ1v) is 7.39. The van der Waals surface area contributed by atoms with E-state index in [1.165, 1.54) is 0 Å². The Bertz CT molecular complexity index is 597. The van der Waals surface area contributed by atoms with Crippen molar-refractivity contribution in [3.8, 4) is 5.75 Å². The van der Waals surface area contributed by atoms with E-state index in [0.717, 1.165) is 8.95 Å². The van der Waals surface area contributed by atoms with Crippen LogP contribution in [-0.2, 0) is 0 Å². The molecule has 0 bridgehead atoms. The van der Waals surface area contributed by atoms with Crippen LogP contribution in [0.1, 0.15) is 10.4 Å². The smallest absolute Gasteiger partial charge is 0.200 e. The molecular weight excluding hydrogens is 395 g/mol. The van der Waals surface area contributed by atoms with E-state index < -0.39 is 0 Å². The summed E-state index contributed by atoms with van der Waals surface area (Å²) in [4.78, 5) is 11.9. The quantitative estimate of drug-likeness (QED) is 0.661. The molecular formula is C14H9Br2ClO2. The van der Waals surface area contributed by atoms with Gasteiger partial charge < -0.3 is 4.74 Å². The Kier molecular flexibility index (Phi) is 5.02. The molecule has 0 N–H and O–H groups in total. The molecule has 0 spiro atoms. The molecule has 0 fully saturated rings. The summed E-state index contributed by atoms with van der Waals surface area (Å²) in [6, 6.07) is 12.3. The highest BCUT2D eigenvalue weighted by Crippen LogP contribution is 2.28. The SMILES string of the molecule is O=C(COc1ccc(Cl)cc1Br)c1ccc(Br)cc1. The van der Waals surface area contributed by atoms with Gasteiger partial charge in [0.15, 0.2) is 12.4 Å². The molecule has 2 rings (SSSR count). The molecule has 19 heavy (non-hydrogen) atoms. The summed E-state index contributed by atoms with van der Waals surface area (Å²) in [6.07, 6.45) is 0. The Morgan fingerprint density at radius 2 is 1.79 bits per heavy atom. The van der Waals surface area contributed by atoms with Gasteiger partial charge in [-0.3, -0.25) is 4.79 Å². The Labute approximate surface area is 133 Å². The summed E-state index contributed by atoms with van der Waals surface area (Å²) in [6.45, 7) is -0.0120. The molecule has 0 radical (unpaired) electrons. The van der Waals surface area contributed by atoms with Gasteiger partial charge in [0.2, 0.25) is 0 Å². The van der Waals surface area contributed by atoms with Crippen LogP contribution in [0.3, 0.4) is 0 Å². The lowest BCUT2D eigenvalue weighted by molar-refractivity contribution is 0.0921. The van der Waals surface area contributed by atoms with Gasteiger partial charge in [0.1, 0.15) is 5.75 Å². The van der Waals surface area contributed by atoms with Crippen molar-refractivity contribution in [3.05, 3.63) is 62.0 Å². The monoisotopic (exact) mass is 402 g/mol. The predicted molar refractivity (Wildman–Crippen MR) is 83.1 cm³/mol. The minimum atomic E-state index is -0.0747. The average Bonchev–Trinajstić information content (AvgIpc) is 2.38. The van der Waals surface area contributed by atoms with Crippen LogP contribution >= 0.6 is 43.5 Å². The first-order chi connectivity index (χ1) is 9.06. The molecule has 0 amide bonds. The van der Waals surface area contributed by atoms with Gasteiger partial charge in [0.25, 0.3) is 0 Å². The van der Waals surface area contributed by atoms with Crippen molar-refractivity contribution in [2.75, 3.05) is 6.61 Å². The molecule has 0 aliphatic heterocycles. The summed E-state index contributed by atoms with van der Waals surface area (Å²) >= 11 is 12.5. The third-order valence-corrected chi connectivity index (χ3v) is 3.80. The first kappa shape index (κ1) is 14.6. The lowest BCUT2D eigenvalue weighted by atomic mass is 10.1. The first-order valence-electron chi connectivity index (χ1n) is 5.43. The van der Waals surface area contributed by atoms with Crippen molar-refractivity contribution in [3.63, 3.8) is 0 Å². The topological polar surface area (TPSA) is 26.3 Å². The standard InChI is InChI=1S/C14H9Br2ClO2/c15-10-3-1-9(2-4-10)13(18)8-19-14-6-5-11(17)7-12(14)16/h1-7H,8H2. The maximum Gasteiger partial charge on any atom is 0.200 e. The largest absolute Gasteiger partial charge is 0.484 e. The highest BCUT2D eigenvalue weighted by atomic mass is 79.9. The minimum absolute atomic E-state index is 0.0120. The van der Waals surface area contributed by atoms with Crippen LogP contribution in [0.15, 0.2) is 51.4 Å². The normalized spacial score (nSPS) is 10.3. The van der Waals surface area contributed by atoms with Crippen LogP contribution in [0, 0.1) is 0 Å². The molecule has 2 aromatic carbocycles. The number of carbonyl (C=O) groups is 1. The summed E-state index contributed by atoms with van der Waals surface area (Å²) < 4.78 is 7.13. The highest BCUT2D eigenvalue weighted by Gasteiger charge is 2.08. The van der Waals surface area contributed by atoms with Gasteiger partial charge in [-0.25, -0.2) is 0 Å². The molecule has 98 valence electrons. The van der Waals surface area contributed by atoms with Crippen molar-refractivity contribution in [2.45, 2.75) is 0 Å². The fourth-order valence-corrected chi connectivity index (χ4v) is 2.52. The van der Waals surface area contributed by atoms with Crippen LogP contribution in [0.5, 0.6) is 5.75 Å². The van der Waals surface area contributed by atoms with Gasteiger partial charge in [-0.1, -0.05) is 39.7 Å². The number of ketones is 1. The van der Waals surface area contributed by atoms with Gasteiger partial charge in [0, 0.05) is 15.1 Å². The van der Waals surface area contributed by atoms with Crippen LogP contribution in [0.2, 0.25) is 5.02 Å². The van der Waals surface area contributed by atoms with Gasteiger partial charge in [-0.2, -0.15) is 0 Å². The van der Waals surface area contributed by atoms with E-state index in [1.807, 2.05) is 12.1 Å². The maximum atomic E-state index is 11.9. The highest BCUT2D eigenvalue weighted by molar-refractivity contribution is 9.10. The van der Waals surface area contributed by atoms with Gasteiger partial charge in [0.05, 0.1) is 4.47 Å². The van der Waals surface area contributed by atoms with Crippen molar-refractivity contribution in [2.24, 2.45) is 0 Å². The molecule has 0 saturated carbocycles. The molecule has 0 aromatic heterocycles. The predicted octanol–water partition coefficient (Wildman–Crippen LogP) is 5.13. The van der Waals surface area contributed by atoms with E-state index in [1.54, 1.807) is 30.3 Å². The Hall–Kier alpha value is -0.840. The zero-order valence-electron chi connectivity index (χ0n) is 9.70. The van der Waals surface area contributed by atoms with Crippen LogP contribution in [0.4, 0.5) is 0 Å². The van der Waals surface area contributed by atoms with E-state index in [9.17, 15) is 4.79 Å². The van der Waals surface area contributed by atoms with Crippen LogP contribution < -0.4 is 4.74 Å². The number of rotatable bonds is 4. The van der Waals surface area contributed by atoms with Crippen LogP contribution in [-0.4, -0.2) is 12.4 Å². The molecule has 0 heterocycles. The lowest BCUT2D eigenvalue weighted by Gasteiger charge is -2.08. The summed E-state index contributed by atoms with van der Waals surface area (Å²) in [5.74, 6) is 0.518. The minimum Gasteiger partial charge on any atom is -0.484 e. The Balaban J connectivity index is 2.02. The third-order valence-electron chi connectivity index (χ3n) is 2.42. The summed E-state index contributed by atoms with van der Waals surface area (Å²) in [5.41, 5.74) is 0.619. The van der Waals surface area contributed by atoms with E-state index in [0.29, 0.717) is 16.3 Å². The Morgan fingerprint density at radius 1 is 1.11 bits per heavy atom. The van der Waals surface area contributed by atoms with Crippen molar-refractivity contribution in [1.29, 1.82) is 0 Å². The third kappa shape index (κ3) is 4.06. The number of ether oxygens (including phenoxy) is 1. The lowest BCUT2D eigenvalue weighted by Crippen LogP contribution is -2.11. The van der Waals surface area contributed by atoms with Crippen LogP contribution in [0.25, 0.3) is 0 Å². The summed E-state index contributed by atoms with van der Waals surface area (Å²) in [7, 11) is 0. The van der Waals surface area contributed by atoms with Gasteiger partial charge in [-0.05, 0) is 46.3 Å². The van der Waals surface area contributed by atoms with E-state index >= 15 is 0 Å². The van der Waals surface area contributed by atoms with Crippen molar-refractivity contribution < 1.29 is 9.53 Å². The second-order valence-electron chi connectivity index (χ2n) is 3.79. The van der Waals surface area contributed by atoms with Gasteiger partial charge in [-0.15, -0.1) is 0 Å². The fourth-order valence-electron chi connectivity index (χ4n) is 1.45. The number of halogens is 3. The maximum absolute atomic E-state index is 11.9. The number of benzene rings is 2. The van der Waals surface area contributed by atoms with Crippen molar-refractivity contribution in [1.82, 2.24) is 0 Å². The number of carbonyl (C=O) groups excluding carboxylic acids is 1. The van der Waals surface area contributed by atoms with Crippen molar-refractivity contribution >= 4 is 49.2 Å². The Morgan fingerprint density at radius 3 is 2.42 bits per heavy atom. The molecule has 0 atom stereocenters. The van der Waals surface area contributed by atoms with E-state index in [4.69, 9.17) is 16.3 Å².